The number of carbonyl (C=O) groups is 2. The molecule has 25 heavy (non-hydrogen) atoms. The average Bonchev–Trinajstić information content (AvgIpc) is 3.04. The fourth-order valence-corrected chi connectivity index (χ4v) is 3.80. The molecule has 1 aromatic carbocycles. The molecule has 2 aliphatic heterocycles. The summed E-state index contributed by atoms with van der Waals surface area (Å²) in [6.07, 6.45) is 5.83. The summed E-state index contributed by atoms with van der Waals surface area (Å²) in [6, 6.07) is 8.53. The minimum absolute atomic E-state index is 0.0259. The van der Waals surface area contributed by atoms with E-state index in [2.05, 4.69) is 36.5 Å². The highest BCUT2D eigenvalue weighted by Crippen LogP contribution is 2.21. The van der Waals surface area contributed by atoms with Crippen LogP contribution in [-0.2, 0) is 11.3 Å². The summed E-state index contributed by atoms with van der Waals surface area (Å²) in [7, 11) is 0. The molecule has 2 fully saturated rings. The number of hydrogen-bond donors (Lipinski definition) is 1. The zero-order valence-corrected chi connectivity index (χ0v) is 15.2. The Labute approximate surface area is 150 Å². The average molecular weight is 343 g/mol. The zero-order valence-electron chi connectivity index (χ0n) is 15.2. The van der Waals surface area contributed by atoms with Gasteiger partial charge >= 0.3 is 6.03 Å². The number of amides is 3. The second-order valence-electron chi connectivity index (χ2n) is 7.26. The van der Waals surface area contributed by atoms with Crippen molar-refractivity contribution in [3.63, 3.8) is 0 Å². The minimum atomic E-state index is 0.0259. The van der Waals surface area contributed by atoms with Crippen molar-refractivity contribution < 1.29 is 9.59 Å². The summed E-state index contributed by atoms with van der Waals surface area (Å²) < 4.78 is 0. The molecule has 0 radical (unpaired) electrons. The predicted molar refractivity (Wildman–Crippen MR) is 98.2 cm³/mol. The van der Waals surface area contributed by atoms with Crippen molar-refractivity contribution in [3.05, 3.63) is 35.4 Å². The standard InChI is InChI=1S/C20H29N3O2/c1-16-7-9-17(10-8-16)15-21-20(25)23-13-3-2-5-18(23)11-14-22-12-4-6-19(22)24/h7-10,18H,2-6,11-15H2,1H3,(H,21,25)/t18-/m0/s1. The molecular formula is C20H29N3O2. The summed E-state index contributed by atoms with van der Waals surface area (Å²) >= 11 is 0. The fourth-order valence-electron chi connectivity index (χ4n) is 3.80. The third-order valence-electron chi connectivity index (χ3n) is 5.36. The lowest BCUT2D eigenvalue weighted by molar-refractivity contribution is -0.127. The summed E-state index contributed by atoms with van der Waals surface area (Å²) in [6.45, 7) is 5.10. The van der Waals surface area contributed by atoms with Gasteiger partial charge in [0.15, 0.2) is 0 Å². The van der Waals surface area contributed by atoms with Gasteiger partial charge in [0.25, 0.3) is 0 Å². The van der Waals surface area contributed by atoms with Crippen LogP contribution in [0.2, 0.25) is 0 Å². The third-order valence-corrected chi connectivity index (χ3v) is 5.36. The molecule has 2 heterocycles. The van der Waals surface area contributed by atoms with E-state index in [0.717, 1.165) is 50.9 Å². The molecule has 1 aromatic rings. The van der Waals surface area contributed by atoms with Gasteiger partial charge < -0.3 is 15.1 Å². The lowest BCUT2D eigenvalue weighted by atomic mass is 9.99. The van der Waals surface area contributed by atoms with E-state index in [1.165, 1.54) is 12.0 Å². The SMILES string of the molecule is Cc1ccc(CNC(=O)N2CCCC[C@H]2CCN2CCCC2=O)cc1. The van der Waals surface area contributed by atoms with E-state index in [0.29, 0.717) is 13.0 Å². The summed E-state index contributed by atoms with van der Waals surface area (Å²) in [5.74, 6) is 0.270. The quantitative estimate of drug-likeness (QED) is 0.893. The normalized spacial score (nSPS) is 20.8. The molecule has 2 saturated heterocycles. The molecule has 2 aliphatic rings. The molecule has 1 N–H and O–H groups in total. The second-order valence-corrected chi connectivity index (χ2v) is 7.26. The maximum Gasteiger partial charge on any atom is 0.317 e. The molecule has 0 aromatic heterocycles. The lowest BCUT2D eigenvalue weighted by Crippen LogP contribution is -2.49. The van der Waals surface area contributed by atoms with Crippen molar-refractivity contribution in [2.45, 2.75) is 58.0 Å². The molecule has 136 valence electrons. The van der Waals surface area contributed by atoms with Crippen molar-refractivity contribution in [1.82, 2.24) is 15.1 Å². The van der Waals surface area contributed by atoms with E-state index >= 15 is 0 Å². The Morgan fingerprint density at radius 1 is 1.16 bits per heavy atom. The van der Waals surface area contributed by atoms with E-state index < -0.39 is 0 Å². The number of nitrogens with one attached hydrogen (secondary N) is 1. The maximum absolute atomic E-state index is 12.6. The van der Waals surface area contributed by atoms with Gasteiger partial charge in [0.1, 0.15) is 0 Å². The Morgan fingerprint density at radius 2 is 1.96 bits per heavy atom. The van der Waals surface area contributed by atoms with Crippen LogP contribution in [0, 0.1) is 6.92 Å². The van der Waals surface area contributed by atoms with Gasteiger partial charge in [-0.1, -0.05) is 29.8 Å². The van der Waals surface area contributed by atoms with E-state index in [4.69, 9.17) is 0 Å². The molecule has 3 amide bonds. The first-order valence-corrected chi connectivity index (χ1v) is 9.51. The Balaban J connectivity index is 1.51. The number of carbonyl (C=O) groups excluding carboxylic acids is 2. The zero-order chi connectivity index (χ0) is 17.6. The molecule has 0 bridgehead atoms. The first-order valence-electron chi connectivity index (χ1n) is 9.51. The topological polar surface area (TPSA) is 52.7 Å². The predicted octanol–water partition coefficient (Wildman–Crippen LogP) is 3.07. The molecule has 5 heteroatoms. The number of hydrogen-bond acceptors (Lipinski definition) is 2. The lowest BCUT2D eigenvalue weighted by Gasteiger charge is -2.36. The van der Waals surface area contributed by atoms with Crippen molar-refractivity contribution in [3.8, 4) is 0 Å². The number of likely N-dealkylation sites (tertiary alicyclic amines) is 2. The van der Waals surface area contributed by atoms with Crippen molar-refractivity contribution in [1.29, 1.82) is 0 Å². The van der Waals surface area contributed by atoms with Gasteiger partial charge in [-0.05, 0) is 44.6 Å². The Kier molecular flexibility index (Phi) is 5.95. The second kappa shape index (κ2) is 8.37. The molecule has 5 nitrogen and oxygen atoms in total. The Hall–Kier alpha value is -2.04. The summed E-state index contributed by atoms with van der Waals surface area (Å²) in [4.78, 5) is 28.4. The van der Waals surface area contributed by atoms with Gasteiger partial charge in [0, 0.05) is 38.6 Å². The van der Waals surface area contributed by atoms with Gasteiger partial charge in [-0.25, -0.2) is 4.79 Å². The number of nitrogens with zero attached hydrogens (tertiary/aromatic N) is 2. The Morgan fingerprint density at radius 3 is 2.68 bits per heavy atom. The molecule has 1 atom stereocenters. The maximum atomic E-state index is 12.6. The molecule has 0 saturated carbocycles. The van der Waals surface area contributed by atoms with E-state index in [9.17, 15) is 9.59 Å². The first kappa shape index (κ1) is 17.8. The monoisotopic (exact) mass is 343 g/mol. The number of piperidine rings is 1. The van der Waals surface area contributed by atoms with Crippen LogP contribution in [-0.4, -0.2) is 47.4 Å². The largest absolute Gasteiger partial charge is 0.343 e. The van der Waals surface area contributed by atoms with Crippen LogP contribution in [0.25, 0.3) is 0 Å². The number of urea groups is 1. The molecule has 0 unspecified atom stereocenters. The molecular weight excluding hydrogens is 314 g/mol. The van der Waals surface area contributed by atoms with Gasteiger partial charge in [0.2, 0.25) is 5.91 Å². The van der Waals surface area contributed by atoms with E-state index in [-0.39, 0.29) is 18.0 Å². The van der Waals surface area contributed by atoms with Crippen LogP contribution in [0.3, 0.4) is 0 Å². The fraction of sp³-hybridized carbons (Fsp3) is 0.600. The van der Waals surface area contributed by atoms with Crippen molar-refractivity contribution >= 4 is 11.9 Å². The number of aryl methyl sites for hydroxylation is 1. The van der Waals surface area contributed by atoms with E-state index in [1.807, 2.05) is 9.80 Å². The number of rotatable bonds is 5. The van der Waals surface area contributed by atoms with Crippen LogP contribution >= 0.6 is 0 Å². The number of benzene rings is 1. The van der Waals surface area contributed by atoms with Crippen LogP contribution in [0.5, 0.6) is 0 Å². The minimum Gasteiger partial charge on any atom is -0.343 e. The molecule has 0 spiro atoms. The van der Waals surface area contributed by atoms with Crippen molar-refractivity contribution in [2.24, 2.45) is 0 Å². The molecule has 3 rings (SSSR count). The van der Waals surface area contributed by atoms with Crippen LogP contribution in [0.4, 0.5) is 4.79 Å². The van der Waals surface area contributed by atoms with Gasteiger partial charge in [0.05, 0.1) is 0 Å². The Bertz CT molecular complexity index is 599. The van der Waals surface area contributed by atoms with Gasteiger partial charge in [-0.2, -0.15) is 0 Å². The van der Waals surface area contributed by atoms with Crippen LogP contribution < -0.4 is 5.32 Å². The highest BCUT2D eigenvalue weighted by molar-refractivity contribution is 5.78. The van der Waals surface area contributed by atoms with Crippen LogP contribution in [0.15, 0.2) is 24.3 Å². The highest BCUT2D eigenvalue weighted by atomic mass is 16.2. The first-order chi connectivity index (χ1) is 12.1. The molecule has 0 aliphatic carbocycles. The van der Waals surface area contributed by atoms with Gasteiger partial charge in [-0.15, -0.1) is 0 Å². The third kappa shape index (κ3) is 4.74. The highest BCUT2D eigenvalue weighted by Gasteiger charge is 2.28. The smallest absolute Gasteiger partial charge is 0.317 e. The van der Waals surface area contributed by atoms with E-state index in [1.54, 1.807) is 0 Å². The van der Waals surface area contributed by atoms with Crippen LogP contribution in [0.1, 0.15) is 49.7 Å². The summed E-state index contributed by atoms with van der Waals surface area (Å²) in [5.41, 5.74) is 2.35. The van der Waals surface area contributed by atoms with Crippen molar-refractivity contribution in [2.75, 3.05) is 19.6 Å². The van der Waals surface area contributed by atoms with Gasteiger partial charge in [-0.3, -0.25) is 4.79 Å². The summed E-state index contributed by atoms with van der Waals surface area (Å²) in [5, 5.41) is 3.06.